The first kappa shape index (κ1) is 11.5. The summed E-state index contributed by atoms with van der Waals surface area (Å²) in [5.41, 5.74) is 1.04. The van der Waals surface area contributed by atoms with Crippen LogP contribution in [0, 0.1) is 6.92 Å². The Kier molecular flexibility index (Phi) is 3.64. The lowest BCUT2D eigenvalue weighted by Gasteiger charge is -2.06. The molecule has 2 aromatic heterocycles. The van der Waals surface area contributed by atoms with E-state index in [4.69, 9.17) is 4.52 Å². The summed E-state index contributed by atoms with van der Waals surface area (Å²) >= 11 is 0. The van der Waals surface area contributed by atoms with Gasteiger partial charge in [0.2, 0.25) is 5.89 Å². The van der Waals surface area contributed by atoms with Gasteiger partial charge >= 0.3 is 0 Å². The highest BCUT2D eigenvalue weighted by Gasteiger charge is 2.02. The molecule has 0 saturated heterocycles. The summed E-state index contributed by atoms with van der Waals surface area (Å²) in [5.74, 6) is 2.25. The fraction of sp³-hybridized carbons (Fsp3) is 0.455. The normalized spacial score (nSPS) is 10.5. The van der Waals surface area contributed by atoms with Crippen molar-refractivity contribution in [1.82, 2.24) is 20.1 Å². The van der Waals surface area contributed by atoms with Crippen LogP contribution in [0.25, 0.3) is 0 Å². The Bertz CT molecular complexity index is 469. The Morgan fingerprint density at radius 2 is 2.24 bits per heavy atom. The van der Waals surface area contributed by atoms with E-state index in [-0.39, 0.29) is 0 Å². The number of nitrogens with one attached hydrogen (secondary N) is 1. The van der Waals surface area contributed by atoms with Gasteiger partial charge in [0.05, 0.1) is 0 Å². The number of hydrogen-bond donors (Lipinski definition) is 1. The molecule has 0 atom stereocenters. The van der Waals surface area contributed by atoms with Crippen molar-refractivity contribution >= 4 is 5.82 Å². The quantitative estimate of drug-likeness (QED) is 0.840. The van der Waals surface area contributed by atoms with Gasteiger partial charge in [0, 0.05) is 24.7 Å². The van der Waals surface area contributed by atoms with Crippen molar-refractivity contribution < 1.29 is 4.52 Å². The van der Waals surface area contributed by atoms with Gasteiger partial charge in [0.25, 0.3) is 0 Å². The predicted molar refractivity (Wildman–Crippen MR) is 62.6 cm³/mol. The fourth-order valence-corrected chi connectivity index (χ4v) is 1.50. The minimum Gasteiger partial charge on any atom is -0.369 e. The Morgan fingerprint density at radius 1 is 1.35 bits per heavy atom. The third-order valence-electron chi connectivity index (χ3n) is 2.31. The predicted octanol–water partition coefficient (Wildman–Crippen LogP) is 1.39. The van der Waals surface area contributed by atoms with Gasteiger partial charge in [-0.3, -0.25) is 0 Å². The summed E-state index contributed by atoms with van der Waals surface area (Å²) in [5, 5.41) is 6.77. The standard InChI is InChI=1S/C11H15N5O/c1-3-9-6-10(16-8(2)15-9)12-5-4-11-13-7-14-17-11/h6-7H,3-5H2,1-2H3,(H,12,15,16). The molecule has 0 aliphatic rings. The van der Waals surface area contributed by atoms with Crippen LogP contribution in [0.5, 0.6) is 0 Å². The topological polar surface area (TPSA) is 76.7 Å². The molecule has 0 aliphatic heterocycles. The molecule has 6 heteroatoms. The maximum atomic E-state index is 4.91. The third kappa shape index (κ3) is 3.24. The molecule has 0 unspecified atom stereocenters. The van der Waals surface area contributed by atoms with E-state index in [1.54, 1.807) is 0 Å². The lowest BCUT2D eigenvalue weighted by Crippen LogP contribution is -2.08. The van der Waals surface area contributed by atoms with Gasteiger partial charge in [-0.05, 0) is 13.3 Å². The van der Waals surface area contributed by atoms with Gasteiger partial charge in [-0.15, -0.1) is 0 Å². The summed E-state index contributed by atoms with van der Waals surface area (Å²) in [7, 11) is 0. The van der Waals surface area contributed by atoms with E-state index < -0.39 is 0 Å². The zero-order chi connectivity index (χ0) is 12.1. The second-order valence-electron chi connectivity index (χ2n) is 3.66. The van der Waals surface area contributed by atoms with E-state index in [9.17, 15) is 0 Å². The highest BCUT2D eigenvalue weighted by molar-refractivity contribution is 5.36. The van der Waals surface area contributed by atoms with Gasteiger partial charge in [-0.2, -0.15) is 4.98 Å². The maximum absolute atomic E-state index is 4.91. The second kappa shape index (κ2) is 5.38. The summed E-state index contributed by atoms with van der Waals surface area (Å²) in [4.78, 5) is 12.6. The van der Waals surface area contributed by atoms with Crippen LogP contribution in [-0.4, -0.2) is 26.7 Å². The lowest BCUT2D eigenvalue weighted by atomic mass is 10.3. The minimum absolute atomic E-state index is 0.624. The van der Waals surface area contributed by atoms with Crippen molar-refractivity contribution in [2.75, 3.05) is 11.9 Å². The van der Waals surface area contributed by atoms with E-state index in [1.165, 1.54) is 6.33 Å². The van der Waals surface area contributed by atoms with Crippen LogP contribution >= 0.6 is 0 Å². The number of hydrogen-bond acceptors (Lipinski definition) is 6. The maximum Gasteiger partial charge on any atom is 0.228 e. The second-order valence-corrected chi connectivity index (χ2v) is 3.66. The van der Waals surface area contributed by atoms with Gasteiger partial charge in [0.1, 0.15) is 11.6 Å². The number of aromatic nitrogens is 4. The van der Waals surface area contributed by atoms with Crippen LogP contribution < -0.4 is 5.32 Å². The molecule has 0 aliphatic carbocycles. The Balaban J connectivity index is 1.92. The zero-order valence-electron chi connectivity index (χ0n) is 9.97. The molecule has 0 fully saturated rings. The summed E-state index contributed by atoms with van der Waals surface area (Å²) in [6, 6.07) is 1.96. The molecule has 0 bridgehead atoms. The molecular weight excluding hydrogens is 218 g/mol. The molecule has 0 aromatic carbocycles. The Hall–Kier alpha value is -1.98. The smallest absolute Gasteiger partial charge is 0.228 e. The third-order valence-corrected chi connectivity index (χ3v) is 2.31. The molecule has 0 spiro atoms. The Morgan fingerprint density at radius 3 is 2.94 bits per heavy atom. The van der Waals surface area contributed by atoms with Gasteiger partial charge in [0.15, 0.2) is 6.33 Å². The average molecular weight is 233 g/mol. The molecule has 2 heterocycles. The van der Waals surface area contributed by atoms with E-state index in [1.807, 2.05) is 13.0 Å². The summed E-state index contributed by atoms with van der Waals surface area (Å²) < 4.78 is 4.91. The van der Waals surface area contributed by atoms with Gasteiger partial charge < -0.3 is 9.84 Å². The first-order valence-corrected chi connectivity index (χ1v) is 5.62. The van der Waals surface area contributed by atoms with Crippen molar-refractivity contribution in [2.24, 2.45) is 0 Å². The summed E-state index contributed by atoms with van der Waals surface area (Å²) in [6.07, 6.45) is 2.99. The molecule has 2 aromatic rings. The first-order chi connectivity index (χ1) is 8.28. The minimum atomic E-state index is 0.624. The van der Waals surface area contributed by atoms with Crippen molar-refractivity contribution in [2.45, 2.75) is 26.7 Å². The SMILES string of the molecule is CCc1cc(NCCc2ncno2)nc(C)n1. The van der Waals surface area contributed by atoms with Crippen LogP contribution in [0.4, 0.5) is 5.82 Å². The largest absolute Gasteiger partial charge is 0.369 e. The Labute approximate surface area is 99.5 Å². The molecule has 2 rings (SSSR count). The van der Waals surface area contributed by atoms with Crippen LogP contribution in [0.2, 0.25) is 0 Å². The number of anilines is 1. The monoisotopic (exact) mass is 233 g/mol. The van der Waals surface area contributed by atoms with Crippen molar-refractivity contribution in [3.8, 4) is 0 Å². The highest BCUT2D eigenvalue weighted by atomic mass is 16.5. The fourth-order valence-electron chi connectivity index (χ4n) is 1.50. The first-order valence-electron chi connectivity index (χ1n) is 5.62. The van der Waals surface area contributed by atoms with E-state index in [0.717, 1.165) is 23.8 Å². The molecule has 0 radical (unpaired) electrons. The number of rotatable bonds is 5. The molecule has 0 saturated carbocycles. The molecule has 90 valence electrons. The van der Waals surface area contributed by atoms with Gasteiger partial charge in [-0.25, -0.2) is 9.97 Å². The van der Waals surface area contributed by atoms with Crippen molar-refractivity contribution in [1.29, 1.82) is 0 Å². The molecular formula is C11H15N5O. The average Bonchev–Trinajstić information content (AvgIpc) is 2.81. The number of nitrogens with zero attached hydrogens (tertiary/aromatic N) is 4. The highest BCUT2D eigenvalue weighted by Crippen LogP contribution is 2.07. The van der Waals surface area contributed by atoms with Crippen LogP contribution in [0.3, 0.4) is 0 Å². The molecule has 0 amide bonds. The molecule has 1 N–H and O–H groups in total. The van der Waals surface area contributed by atoms with E-state index in [2.05, 4.69) is 32.3 Å². The van der Waals surface area contributed by atoms with Crippen molar-refractivity contribution in [3.05, 3.63) is 29.8 Å². The zero-order valence-corrected chi connectivity index (χ0v) is 9.97. The van der Waals surface area contributed by atoms with Crippen LogP contribution in [-0.2, 0) is 12.8 Å². The molecule has 17 heavy (non-hydrogen) atoms. The lowest BCUT2D eigenvalue weighted by molar-refractivity contribution is 0.379. The van der Waals surface area contributed by atoms with Crippen molar-refractivity contribution in [3.63, 3.8) is 0 Å². The van der Waals surface area contributed by atoms with Crippen LogP contribution in [0.1, 0.15) is 24.3 Å². The van der Waals surface area contributed by atoms with Gasteiger partial charge in [-0.1, -0.05) is 12.1 Å². The summed E-state index contributed by atoms with van der Waals surface area (Å²) in [6.45, 7) is 4.67. The number of aryl methyl sites for hydroxylation is 2. The van der Waals surface area contributed by atoms with E-state index >= 15 is 0 Å². The van der Waals surface area contributed by atoms with E-state index in [0.29, 0.717) is 18.9 Å². The molecule has 6 nitrogen and oxygen atoms in total. The van der Waals surface area contributed by atoms with Crippen LogP contribution in [0.15, 0.2) is 16.9 Å².